The smallest absolute Gasteiger partial charge is 0.159 e. The van der Waals surface area contributed by atoms with E-state index in [1.165, 1.54) is 27.7 Å². The van der Waals surface area contributed by atoms with Crippen LogP contribution in [-0.2, 0) is 11.5 Å². The lowest BCUT2D eigenvalue weighted by molar-refractivity contribution is 0.0997. The third kappa shape index (κ3) is 7.02. The molecule has 0 saturated carbocycles. The van der Waals surface area contributed by atoms with Crippen LogP contribution in [0.1, 0.15) is 80.3 Å². The summed E-state index contributed by atoms with van der Waals surface area (Å²) in [7, 11) is 0. The van der Waals surface area contributed by atoms with Gasteiger partial charge in [-0.2, -0.15) is 0 Å². The van der Waals surface area contributed by atoms with Crippen LogP contribution in [0, 0.1) is 0 Å². The van der Waals surface area contributed by atoms with E-state index in [-0.39, 0.29) is 23.1 Å². The fourth-order valence-electron chi connectivity index (χ4n) is 3.32. The molecule has 0 aromatic heterocycles. The van der Waals surface area contributed by atoms with E-state index in [1.807, 2.05) is 42.5 Å². The number of carbonyl (C=O) groups excluding carboxylic acids is 4. The average Bonchev–Trinajstić information content (AvgIpc) is 2.81. The molecule has 0 fully saturated rings. The standard InChI is InChI=1S/C28H26O4S2/c1-17(29)23-9-24(18(2)30)12-27(11-23)33-15-21-6-5-7-22(8-21)16-34-28-13-25(19(3)31)10-26(14-28)20(4)32/h5-14H,15-16H2,1-4H3. The normalized spacial score (nSPS) is 10.7. The Labute approximate surface area is 208 Å². The van der Waals surface area contributed by atoms with Crippen molar-refractivity contribution in [3.63, 3.8) is 0 Å². The monoisotopic (exact) mass is 490 g/mol. The number of hydrogen-bond donors (Lipinski definition) is 0. The molecule has 0 N–H and O–H groups in total. The van der Waals surface area contributed by atoms with Crippen LogP contribution in [0.2, 0.25) is 0 Å². The highest BCUT2D eigenvalue weighted by molar-refractivity contribution is 7.98. The van der Waals surface area contributed by atoms with Gasteiger partial charge in [-0.25, -0.2) is 0 Å². The minimum absolute atomic E-state index is 0.0641. The summed E-state index contributed by atoms with van der Waals surface area (Å²) >= 11 is 3.17. The predicted octanol–water partition coefficient (Wildman–Crippen LogP) is 7.08. The predicted molar refractivity (Wildman–Crippen MR) is 138 cm³/mol. The molecule has 6 heteroatoms. The molecule has 3 rings (SSSR count). The molecule has 3 aromatic carbocycles. The molecule has 0 bridgehead atoms. The number of thioether (sulfide) groups is 2. The van der Waals surface area contributed by atoms with Gasteiger partial charge < -0.3 is 0 Å². The number of Topliss-reactive ketones (excluding diaryl/α,β-unsaturated/α-hetero) is 4. The van der Waals surface area contributed by atoms with Crippen molar-refractivity contribution in [2.75, 3.05) is 0 Å². The third-order valence-corrected chi connectivity index (χ3v) is 7.33. The van der Waals surface area contributed by atoms with Gasteiger partial charge in [-0.1, -0.05) is 24.3 Å². The van der Waals surface area contributed by atoms with E-state index in [0.717, 1.165) is 20.9 Å². The summed E-state index contributed by atoms with van der Waals surface area (Å²) < 4.78 is 0. The first-order valence-corrected chi connectivity index (χ1v) is 12.8. The minimum atomic E-state index is -0.0641. The Balaban J connectivity index is 1.72. The first-order valence-electron chi connectivity index (χ1n) is 10.8. The summed E-state index contributed by atoms with van der Waals surface area (Å²) in [4.78, 5) is 49.1. The van der Waals surface area contributed by atoms with E-state index in [4.69, 9.17) is 0 Å². The second-order valence-electron chi connectivity index (χ2n) is 8.11. The van der Waals surface area contributed by atoms with Crippen LogP contribution >= 0.6 is 23.5 Å². The van der Waals surface area contributed by atoms with E-state index < -0.39 is 0 Å². The molecule has 0 aliphatic rings. The Kier molecular flexibility index (Phi) is 8.64. The summed E-state index contributed by atoms with van der Waals surface area (Å²) in [6.45, 7) is 6.00. The second-order valence-corrected chi connectivity index (χ2v) is 10.2. The highest BCUT2D eigenvalue weighted by Gasteiger charge is 2.10. The van der Waals surface area contributed by atoms with Gasteiger partial charge in [-0.05, 0) is 75.2 Å². The van der Waals surface area contributed by atoms with Gasteiger partial charge >= 0.3 is 0 Å². The Hall–Kier alpha value is -2.96. The number of rotatable bonds is 10. The number of benzene rings is 3. The minimum Gasteiger partial charge on any atom is -0.295 e. The van der Waals surface area contributed by atoms with Gasteiger partial charge in [-0.3, -0.25) is 19.2 Å². The zero-order valence-electron chi connectivity index (χ0n) is 19.6. The maximum absolute atomic E-state index is 11.8. The molecule has 0 heterocycles. The summed E-state index contributed by atoms with van der Waals surface area (Å²) in [6, 6.07) is 18.8. The van der Waals surface area contributed by atoms with E-state index in [0.29, 0.717) is 33.8 Å². The van der Waals surface area contributed by atoms with Crippen molar-refractivity contribution >= 4 is 46.7 Å². The van der Waals surface area contributed by atoms with Crippen LogP contribution < -0.4 is 0 Å². The van der Waals surface area contributed by atoms with Crippen LogP contribution in [0.4, 0.5) is 0 Å². The fraction of sp³-hybridized carbons (Fsp3) is 0.214. The van der Waals surface area contributed by atoms with E-state index in [9.17, 15) is 19.2 Å². The molecule has 4 nitrogen and oxygen atoms in total. The van der Waals surface area contributed by atoms with Crippen molar-refractivity contribution in [1.82, 2.24) is 0 Å². The SMILES string of the molecule is CC(=O)c1cc(SCc2cccc(CSc3cc(C(C)=O)cc(C(C)=O)c3)c2)cc(C(C)=O)c1. The largest absolute Gasteiger partial charge is 0.295 e. The van der Waals surface area contributed by atoms with Crippen molar-refractivity contribution in [3.05, 3.63) is 94.0 Å². The molecule has 174 valence electrons. The molecule has 34 heavy (non-hydrogen) atoms. The lowest BCUT2D eigenvalue weighted by Crippen LogP contribution is -1.99. The summed E-state index contributed by atoms with van der Waals surface area (Å²) in [5.74, 6) is 1.14. The lowest BCUT2D eigenvalue weighted by atomic mass is 10.1. The Morgan fingerprint density at radius 3 is 1.15 bits per heavy atom. The Morgan fingerprint density at radius 1 is 0.529 bits per heavy atom. The number of ketones is 4. The molecule has 0 spiro atoms. The third-order valence-electron chi connectivity index (χ3n) is 5.24. The number of carbonyl (C=O) groups is 4. The Morgan fingerprint density at radius 2 is 0.853 bits per heavy atom. The molecule has 3 aromatic rings. The van der Waals surface area contributed by atoms with E-state index in [2.05, 4.69) is 6.07 Å². The quantitative estimate of drug-likeness (QED) is 0.223. The van der Waals surface area contributed by atoms with Gasteiger partial charge in [0.25, 0.3) is 0 Å². The molecular weight excluding hydrogens is 464 g/mol. The zero-order valence-corrected chi connectivity index (χ0v) is 21.3. The second kappa shape index (κ2) is 11.4. The fourth-order valence-corrected chi connectivity index (χ4v) is 5.19. The molecule has 0 atom stereocenters. The van der Waals surface area contributed by atoms with Crippen molar-refractivity contribution in [2.24, 2.45) is 0 Å². The zero-order chi connectivity index (χ0) is 24.8. The average molecular weight is 491 g/mol. The van der Waals surface area contributed by atoms with Crippen LogP contribution in [0.25, 0.3) is 0 Å². The van der Waals surface area contributed by atoms with Gasteiger partial charge in [0.05, 0.1) is 0 Å². The summed E-state index contributed by atoms with van der Waals surface area (Å²) in [6.07, 6.45) is 0. The summed E-state index contributed by atoms with van der Waals surface area (Å²) in [5.41, 5.74) is 4.41. The maximum atomic E-state index is 11.8. The van der Waals surface area contributed by atoms with Gasteiger partial charge in [0, 0.05) is 43.6 Å². The van der Waals surface area contributed by atoms with E-state index in [1.54, 1.807) is 35.7 Å². The summed E-state index contributed by atoms with van der Waals surface area (Å²) in [5, 5.41) is 0. The van der Waals surface area contributed by atoms with Crippen LogP contribution in [0.3, 0.4) is 0 Å². The van der Waals surface area contributed by atoms with Crippen LogP contribution in [0.15, 0.2) is 70.5 Å². The molecule has 0 aliphatic carbocycles. The van der Waals surface area contributed by atoms with Crippen molar-refractivity contribution < 1.29 is 19.2 Å². The Bertz CT molecular complexity index is 1120. The highest BCUT2D eigenvalue weighted by atomic mass is 32.2. The van der Waals surface area contributed by atoms with Crippen LogP contribution in [0.5, 0.6) is 0 Å². The highest BCUT2D eigenvalue weighted by Crippen LogP contribution is 2.29. The number of hydrogen-bond acceptors (Lipinski definition) is 6. The molecule has 0 aliphatic heterocycles. The van der Waals surface area contributed by atoms with Crippen LogP contribution in [-0.4, -0.2) is 23.1 Å². The van der Waals surface area contributed by atoms with Gasteiger partial charge in [0.15, 0.2) is 23.1 Å². The van der Waals surface area contributed by atoms with Crippen molar-refractivity contribution in [3.8, 4) is 0 Å². The first-order chi connectivity index (χ1) is 16.1. The van der Waals surface area contributed by atoms with E-state index >= 15 is 0 Å². The first kappa shape index (κ1) is 25.7. The molecular formula is C28H26O4S2. The lowest BCUT2D eigenvalue weighted by Gasteiger charge is -2.09. The van der Waals surface area contributed by atoms with Crippen molar-refractivity contribution in [1.29, 1.82) is 0 Å². The topological polar surface area (TPSA) is 68.3 Å². The van der Waals surface area contributed by atoms with Gasteiger partial charge in [-0.15, -0.1) is 23.5 Å². The van der Waals surface area contributed by atoms with Crippen molar-refractivity contribution in [2.45, 2.75) is 49.0 Å². The molecule has 0 unspecified atom stereocenters. The van der Waals surface area contributed by atoms with Gasteiger partial charge in [0.1, 0.15) is 0 Å². The molecule has 0 radical (unpaired) electrons. The molecule has 0 saturated heterocycles. The maximum Gasteiger partial charge on any atom is 0.159 e. The molecule has 0 amide bonds. The van der Waals surface area contributed by atoms with Gasteiger partial charge in [0.2, 0.25) is 0 Å².